The zero-order valence-electron chi connectivity index (χ0n) is 8.75. The highest BCUT2D eigenvalue weighted by Crippen LogP contribution is 2.36. The van der Waals surface area contributed by atoms with Gasteiger partial charge < -0.3 is 5.11 Å². The Morgan fingerprint density at radius 2 is 2.00 bits per heavy atom. The maximum absolute atomic E-state index is 11.0. The normalized spacial score (nSPS) is 27.5. The minimum atomic E-state index is -0.666. The first-order chi connectivity index (χ1) is 6.61. The van der Waals surface area contributed by atoms with Crippen LogP contribution in [0.3, 0.4) is 0 Å². The van der Waals surface area contributed by atoms with Crippen LogP contribution >= 0.6 is 0 Å². The van der Waals surface area contributed by atoms with Crippen molar-refractivity contribution in [3.63, 3.8) is 0 Å². The third kappa shape index (κ3) is 2.08. The lowest BCUT2D eigenvalue weighted by Crippen LogP contribution is -2.50. The predicted molar refractivity (Wildman–Crippen MR) is 54.2 cm³/mol. The number of hydrogen-bond acceptors (Lipinski definition) is 2. The topological polar surface area (TPSA) is 49.3 Å². The molecule has 3 nitrogen and oxygen atoms in total. The Kier molecular flexibility index (Phi) is 2.52. The van der Waals surface area contributed by atoms with E-state index in [1.165, 1.54) is 12.8 Å². The molecule has 2 aliphatic carbocycles. The molecule has 0 spiro atoms. The predicted octanol–water partition coefficient (Wildman–Crippen LogP) is 1.77. The minimum Gasteiger partial charge on any atom is -0.480 e. The molecule has 0 aromatic carbocycles. The Morgan fingerprint density at radius 3 is 2.43 bits per heavy atom. The summed E-state index contributed by atoms with van der Waals surface area (Å²) in [6, 6.07) is -0.293. The summed E-state index contributed by atoms with van der Waals surface area (Å²) < 4.78 is 0. The van der Waals surface area contributed by atoms with Gasteiger partial charge in [0.05, 0.1) is 0 Å². The van der Waals surface area contributed by atoms with Gasteiger partial charge in [0.25, 0.3) is 0 Å². The molecule has 14 heavy (non-hydrogen) atoms. The molecule has 0 saturated heterocycles. The van der Waals surface area contributed by atoms with Gasteiger partial charge in [-0.05, 0) is 38.5 Å². The molecular formula is C11H19NO2. The summed E-state index contributed by atoms with van der Waals surface area (Å²) in [4.78, 5) is 11.0. The lowest BCUT2D eigenvalue weighted by atomic mass is 9.98. The van der Waals surface area contributed by atoms with Gasteiger partial charge in [-0.15, -0.1) is 0 Å². The van der Waals surface area contributed by atoms with E-state index >= 15 is 0 Å². The Balaban J connectivity index is 1.95. The summed E-state index contributed by atoms with van der Waals surface area (Å²) in [7, 11) is 0. The molecule has 0 amide bonds. The molecule has 0 heterocycles. The summed E-state index contributed by atoms with van der Waals surface area (Å²) in [5, 5.41) is 12.5. The van der Waals surface area contributed by atoms with Crippen molar-refractivity contribution in [3.8, 4) is 0 Å². The van der Waals surface area contributed by atoms with Gasteiger partial charge in [-0.3, -0.25) is 10.1 Å². The number of carboxylic acid groups (broad SMARTS) is 1. The molecule has 2 rings (SSSR count). The van der Waals surface area contributed by atoms with Crippen LogP contribution in [0, 0.1) is 5.92 Å². The minimum absolute atomic E-state index is 0.0889. The number of aliphatic carboxylic acids is 1. The molecule has 2 aliphatic rings. The fourth-order valence-corrected chi connectivity index (χ4v) is 2.49. The molecule has 0 radical (unpaired) electrons. The Bertz CT molecular complexity index is 229. The van der Waals surface area contributed by atoms with E-state index in [1.54, 1.807) is 0 Å². The number of hydrogen-bond donors (Lipinski definition) is 2. The number of nitrogens with one attached hydrogen (secondary N) is 1. The van der Waals surface area contributed by atoms with Crippen LogP contribution < -0.4 is 5.32 Å². The van der Waals surface area contributed by atoms with Crippen LogP contribution in [0.25, 0.3) is 0 Å². The first-order valence-electron chi connectivity index (χ1n) is 5.61. The van der Waals surface area contributed by atoms with Crippen LogP contribution in [0.5, 0.6) is 0 Å². The number of rotatable bonds is 4. The van der Waals surface area contributed by atoms with E-state index in [2.05, 4.69) is 12.2 Å². The quantitative estimate of drug-likeness (QED) is 0.722. The van der Waals surface area contributed by atoms with Crippen LogP contribution in [0.4, 0.5) is 0 Å². The van der Waals surface area contributed by atoms with Crippen LogP contribution in [0.2, 0.25) is 0 Å². The van der Waals surface area contributed by atoms with Gasteiger partial charge in [-0.1, -0.05) is 12.8 Å². The molecular weight excluding hydrogens is 178 g/mol. The first kappa shape index (κ1) is 9.97. The maximum atomic E-state index is 11.0. The van der Waals surface area contributed by atoms with Gasteiger partial charge >= 0.3 is 5.97 Å². The monoisotopic (exact) mass is 197 g/mol. The van der Waals surface area contributed by atoms with Crippen molar-refractivity contribution in [3.05, 3.63) is 0 Å². The van der Waals surface area contributed by atoms with Crippen molar-refractivity contribution in [1.82, 2.24) is 5.32 Å². The van der Waals surface area contributed by atoms with E-state index in [1.807, 2.05) is 0 Å². The van der Waals surface area contributed by atoms with E-state index in [0.29, 0.717) is 5.92 Å². The zero-order valence-corrected chi connectivity index (χ0v) is 8.75. The molecule has 0 bridgehead atoms. The smallest absolute Gasteiger partial charge is 0.320 e. The lowest BCUT2D eigenvalue weighted by molar-refractivity contribution is -0.140. The Labute approximate surface area is 84.9 Å². The Morgan fingerprint density at radius 1 is 1.43 bits per heavy atom. The van der Waals surface area contributed by atoms with Crippen LogP contribution in [0.15, 0.2) is 0 Å². The van der Waals surface area contributed by atoms with Gasteiger partial charge in [0, 0.05) is 5.54 Å². The number of carbonyl (C=O) groups is 1. The largest absolute Gasteiger partial charge is 0.480 e. The summed E-state index contributed by atoms with van der Waals surface area (Å²) in [5.74, 6) is -0.273. The van der Waals surface area contributed by atoms with Crippen molar-refractivity contribution in [2.24, 2.45) is 5.92 Å². The average molecular weight is 197 g/mol. The van der Waals surface area contributed by atoms with Crippen molar-refractivity contribution in [1.29, 1.82) is 0 Å². The van der Waals surface area contributed by atoms with Crippen molar-refractivity contribution < 1.29 is 9.90 Å². The summed E-state index contributed by atoms with van der Waals surface area (Å²) in [5.41, 5.74) is 0.0889. The second-order valence-corrected chi connectivity index (χ2v) is 5.07. The Hall–Kier alpha value is -0.570. The van der Waals surface area contributed by atoms with Crippen LogP contribution in [-0.4, -0.2) is 22.7 Å². The van der Waals surface area contributed by atoms with Gasteiger partial charge in [-0.25, -0.2) is 0 Å². The van der Waals surface area contributed by atoms with Gasteiger partial charge in [0.1, 0.15) is 6.04 Å². The second-order valence-electron chi connectivity index (χ2n) is 5.07. The van der Waals surface area contributed by atoms with Crippen molar-refractivity contribution in [2.75, 3.05) is 0 Å². The molecule has 3 heteroatoms. The summed E-state index contributed by atoms with van der Waals surface area (Å²) in [6.07, 6.45) is 6.90. The molecule has 0 aromatic rings. The SMILES string of the molecule is CC1(NC(C(=O)O)C2CC2)CCCC1. The highest BCUT2D eigenvalue weighted by atomic mass is 16.4. The molecule has 2 N–H and O–H groups in total. The van der Waals surface area contributed by atoms with E-state index in [4.69, 9.17) is 5.11 Å². The molecule has 80 valence electrons. The van der Waals surface area contributed by atoms with Gasteiger partial charge in [-0.2, -0.15) is 0 Å². The molecule has 1 atom stereocenters. The highest BCUT2D eigenvalue weighted by Gasteiger charge is 2.41. The first-order valence-corrected chi connectivity index (χ1v) is 5.61. The lowest BCUT2D eigenvalue weighted by Gasteiger charge is -2.29. The fraction of sp³-hybridized carbons (Fsp3) is 0.909. The zero-order chi connectivity index (χ0) is 10.2. The van der Waals surface area contributed by atoms with Crippen LogP contribution in [0.1, 0.15) is 45.4 Å². The van der Waals surface area contributed by atoms with E-state index < -0.39 is 5.97 Å². The van der Waals surface area contributed by atoms with Crippen molar-refractivity contribution >= 4 is 5.97 Å². The molecule has 0 aliphatic heterocycles. The van der Waals surface area contributed by atoms with E-state index in [-0.39, 0.29) is 11.6 Å². The average Bonchev–Trinajstić information content (AvgIpc) is 2.86. The van der Waals surface area contributed by atoms with Gasteiger partial charge in [0.15, 0.2) is 0 Å². The van der Waals surface area contributed by atoms with Crippen molar-refractivity contribution in [2.45, 2.75) is 57.0 Å². The van der Waals surface area contributed by atoms with Gasteiger partial charge in [0.2, 0.25) is 0 Å². The van der Waals surface area contributed by atoms with E-state index in [9.17, 15) is 4.79 Å². The highest BCUT2D eigenvalue weighted by molar-refractivity contribution is 5.74. The third-order valence-corrected chi connectivity index (χ3v) is 3.57. The summed E-state index contributed by atoms with van der Waals surface area (Å²) >= 11 is 0. The maximum Gasteiger partial charge on any atom is 0.320 e. The summed E-state index contributed by atoms with van der Waals surface area (Å²) in [6.45, 7) is 2.16. The molecule has 0 aromatic heterocycles. The molecule has 2 fully saturated rings. The number of carboxylic acids is 1. The standard InChI is InChI=1S/C11H19NO2/c1-11(6-2-3-7-11)12-9(10(13)14)8-4-5-8/h8-9,12H,2-7H2,1H3,(H,13,14). The second kappa shape index (κ2) is 3.54. The molecule has 1 unspecified atom stereocenters. The van der Waals surface area contributed by atoms with E-state index in [0.717, 1.165) is 25.7 Å². The van der Waals surface area contributed by atoms with Crippen LogP contribution in [-0.2, 0) is 4.79 Å². The fourth-order valence-electron chi connectivity index (χ4n) is 2.49. The molecule has 2 saturated carbocycles. The third-order valence-electron chi connectivity index (χ3n) is 3.57.